The average molecular weight is 249 g/mol. The highest BCUT2D eigenvalue weighted by atomic mass is 16.5. The number of carbonyl (C=O) groups is 1. The van der Waals surface area contributed by atoms with Gasteiger partial charge in [0, 0.05) is 5.92 Å². The summed E-state index contributed by atoms with van der Waals surface area (Å²) in [5.41, 5.74) is 6.51. The van der Waals surface area contributed by atoms with E-state index in [9.17, 15) is 4.79 Å². The Hall–Kier alpha value is -1.75. The van der Waals surface area contributed by atoms with Gasteiger partial charge in [0.25, 0.3) is 0 Å². The lowest BCUT2D eigenvalue weighted by Gasteiger charge is -2.22. The molecule has 0 spiro atoms. The molecule has 18 heavy (non-hydrogen) atoms. The van der Waals surface area contributed by atoms with Crippen LogP contribution in [0.15, 0.2) is 24.3 Å². The Balaban J connectivity index is 1.80. The molecule has 0 saturated carbocycles. The number of piperidine rings is 1. The summed E-state index contributed by atoms with van der Waals surface area (Å²) < 4.78 is 5.07. The zero-order valence-corrected chi connectivity index (χ0v) is 10.5. The van der Waals surface area contributed by atoms with Crippen molar-refractivity contribution in [3.05, 3.63) is 24.3 Å². The maximum Gasteiger partial charge on any atom is 0.241 e. The third-order valence-corrected chi connectivity index (χ3v) is 3.13. The first-order chi connectivity index (χ1) is 8.79. The number of carbonyl (C=O) groups excluding carboxylic acids is 1. The van der Waals surface area contributed by atoms with Crippen molar-refractivity contribution in [2.75, 3.05) is 25.6 Å². The molecule has 1 aliphatic rings. The zero-order valence-electron chi connectivity index (χ0n) is 10.5. The molecule has 1 fully saturated rings. The van der Waals surface area contributed by atoms with Crippen LogP contribution in [-0.4, -0.2) is 26.1 Å². The number of hydrazine groups is 1. The zero-order chi connectivity index (χ0) is 12.8. The van der Waals surface area contributed by atoms with E-state index in [-0.39, 0.29) is 11.8 Å². The molecule has 0 aliphatic carbocycles. The highest BCUT2D eigenvalue weighted by Crippen LogP contribution is 2.15. The number of ether oxygens (including phenoxy) is 1. The second-order valence-corrected chi connectivity index (χ2v) is 4.37. The number of hydrogen-bond donors (Lipinski definition) is 3. The molecule has 0 radical (unpaired) electrons. The van der Waals surface area contributed by atoms with Gasteiger partial charge in [-0.3, -0.25) is 15.6 Å². The van der Waals surface area contributed by atoms with Crippen molar-refractivity contribution in [3.8, 4) is 5.75 Å². The van der Waals surface area contributed by atoms with Crippen molar-refractivity contribution in [3.63, 3.8) is 0 Å². The third-order valence-electron chi connectivity index (χ3n) is 3.13. The molecule has 98 valence electrons. The molecule has 3 N–H and O–H groups in total. The van der Waals surface area contributed by atoms with Gasteiger partial charge in [0.05, 0.1) is 12.8 Å². The first-order valence-electron chi connectivity index (χ1n) is 6.20. The van der Waals surface area contributed by atoms with Gasteiger partial charge in [-0.15, -0.1) is 0 Å². The Morgan fingerprint density at radius 3 is 2.56 bits per heavy atom. The smallest absolute Gasteiger partial charge is 0.241 e. The van der Waals surface area contributed by atoms with Gasteiger partial charge in [-0.25, -0.2) is 0 Å². The monoisotopic (exact) mass is 249 g/mol. The van der Waals surface area contributed by atoms with Crippen LogP contribution in [0.4, 0.5) is 5.69 Å². The number of hydrogen-bond acceptors (Lipinski definition) is 4. The molecule has 0 aromatic heterocycles. The van der Waals surface area contributed by atoms with Crippen molar-refractivity contribution in [2.45, 2.75) is 12.8 Å². The minimum Gasteiger partial charge on any atom is -0.497 e. The summed E-state index contributed by atoms with van der Waals surface area (Å²) in [6.45, 7) is 1.83. The minimum absolute atomic E-state index is 0.0623. The van der Waals surface area contributed by atoms with Crippen molar-refractivity contribution >= 4 is 11.6 Å². The fraction of sp³-hybridized carbons (Fsp3) is 0.462. The molecule has 0 unspecified atom stereocenters. The van der Waals surface area contributed by atoms with Crippen LogP contribution in [0, 0.1) is 5.92 Å². The Morgan fingerprint density at radius 2 is 1.94 bits per heavy atom. The molecule has 0 atom stereocenters. The predicted molar refractivity (Wildman–Crippen MR) is 70.4 cm³/mol. The van der Waals surface area contributed by atoms with Crippen LogP contribution in [0.1, 0.15) is 12.8 Å². The van der Waals surface area contributed by atoms with E-state index in [1.165, 1.54) is 0 Å². The summed E-state index contributed by atoms with van der Waals surface area (Å²) in [6.07, 6.45) is 1.80. The van der Waals surface area contributed by atoms with Gasteiger partial charge >= 0.3 is 0 Å². The quantitative estimate of drug-likeness (QED) is 0.700. The van der Waals surface area contributed by atoms with Gasteiger partial charge in [0.15, 0.2) is 0 Å². The van der Waals surface area contributed by atoms with Crippen LogP contribution in [0.3, 0.4) is 0 Å². The first-order valence-corrected chi connectivity index (χ1v) is 6.20. The van der Waals surface area contributed by atoms with E-state index >= 15 is 0 Å². The molecular formula is C13H19N3O2. The largest absolute Gasteiger partial charge is 0.497 e. The van der Waals surface area contributed by atoms with Gasteiger partial charge in [0.2, 0.25) is 5.91 Å². The fourth-order valence-corrected chi connectivity index (χ4v) is 1.99. The normalized spacial score (nSPS) is 16.1. The van der Waals surface area contributed by atoms with E-state index in [1.54, 1.807) is 7.11 Å². The molecule has 2 rings (SSSR count). The maximum absolute atomic E-state index is 11.9. The van der Waals surface area contributed by atoms with E-state index in [4.69, 9.17) is 4.74 Å². The van der Waals surface area contributed by atoms with Crippen LogP contribution >= 0.6 is 0 Å². The molecule has 1 saturated heterocycles. The lowest BCUT2D eigenvalue weighted by atomic mass is 9.98. The third kappa shape index (κ3) is 3.37. The maximum atomic E-state index is 11.9. The summed E-state index contributed by atoms with van der Waals surface area (Å²) in [5, 5.41) is 3.24. The van der Waals surface area contributed by atoms with E-state index < -0.39 is 0 Å². The van der Waals surface area contributed by atoms with Crippen molar-refractivity contribution in [1.82, 2.24) is 10.7 Å². The molecule has 0 bridgehead atoms. The molecule has 1 amide bonds. The van der Waals surface area contributed by atoms with Gasteiger partial charge in [-0.2, -0.15) is 0 Å². The molecule has 5 nitrogen and oxygen atoms in total. The van der Waals surface area contributed by atoms with Crippen molar-refractivity contribution in [2.24, 2.45) is 5.92 Å². The minimum atomic E-state index is 0.0623. The van der Waals surface area contributed by atoms with Gasteiger partial charge in [0.1, 0.15) is 5.75 Å². The van der Waals surface area contributed by atoms with Crippen LogP contribution in [-0.2, 0) is 4.79 Å². The number of anilines is 1. The summed E-state index contributed by atoms with van der Waals surface area (Å²) in [7, 11) is 1.63. The van der Waals surface area contributed by atoms with Gasteiger partial charge in [-0.1, -0.05) is 0 Å². The number of methoxy groups -OCH3 is 1. The number of nitrogens with one attached hydrogen (secondary N) is 3. The number of rotatable bonds is 4. The summed E-state index contributed by atoms with van der Waals surface area (Å²) in [5.74, 6) is 0.967. The van der Waals surface area contributed by atoms with E-state index in [0.717, 1.165) is 37.4 Å². The first kappa shape index (κ1) is 12.7. The van der Waals surface area contributed by atoms with Crippen LogP contribution in [0.5, 0.6) is 5.75 Å². The Bertz CT molecular complexity index is 386. The molecule has 1 aromatic rings. The van der Waals surface area contributed by atoms with Crippen molar-refractivity contribution in [1.29, 1.82) is 0 Å². The Labute approximate surface area is 107 Å². The van der Waals surface area contributed by atoms with Crippen LogP contribution in [0.2, 0.25) is 0 Å². The van der Waals surface area contributed by atoms with Crippen molar-refractivity contribution < 1.29 is 9.53 Å². The van der Waals surface area contributed by atoms with Crippen LogP contribution < -0.4 is 20.9 Å². The lowest BCUT2D eigenvalue weighted by Crippen LogP contribution is -2.40. The second-order valence-electron chi connectivity index (χ2n) is 4.37. The fourth-order valence-electron chi connectivity index (χ4n) is 1.99. The number of benzene rings is 1. The molecule has 5 heteroatoms. The summed E-state index contributed by atoms with van der Waals surface area (Å²) in [6, 6.07) is 7.42. The van der Waals surface area contributed by atoms with E-state index in [0.29, 0.717) is 0 Å². The highest BCUT2D eigenvalue weighted by Gasteiger charge is 2.20. The molecular weight excluding hydrogens is 230 g/mol. The Morgan fingerprint density at radius 1 is 1.28 bits per heavy atom. The SMILES string of the molecule is COc1ccc(NNC(=O)C2CCNCC2)cc1. The van der Waals surface area contributed by atoms with Gasteiger partial charge in [-0.05, 0) is 50.2 Å². The Kier molecular flexibility index (Phi) is 4.41. The van der Waals surface area contributed by atoms with Crippen LogP contribution in [0.25, 0.3) is 0 Å². The second kappa shape index (κ2) is 6.26. The summed E-state index contributed by atoms with van der Waals surface area (Å²) in [4.78, 5) is 11.9. The lowest BCUT2D eigenvalue weighted by molar-refractivity contribution is -0.125. The van der Waals surface area contributed by atoms with E-state index in [1.807, 2.05) is 24.3 Å². The highest BCUT2D eigenvalue weighted by molar-refractivity contribution is 5.80. The molecule has 1 heterocycles. The summed E-state index contributed by atoms with van der Waals surface area (Å²) >= 11 is 0. The average Bonchev–Trinajstić information content (AvgIpc) is 2.46. The molecule has 1 aliphatic heterocycles. The standard InChI is InChI=1S/C13H19N3O2/c1-18-12-4-2-11(3-5-12)15-16-13(17)10-6-8-14-9-7-10/h2-5,10,14-15H,6-9H2,1H3,(H,16,17). The predicted octanol–water partition coefficient (Wildman–Crippen LogP) is 1.14. The van der Waals surface area contributed by atoms with E-state index in [2.05, 4.69) is 16.2 Å². The molecule has 1 aromatic carbocycles. The number of amides is 1. The van der Waals surface area contributed by atoms with Gasteiger partial charge < -0.3 is 10.1 Å². The topological polar surface area (TPSA) is 62.4 Å².